The molecule has 0 bridgehead atoms. The molecule has 0 aliphatic carbocycles. The van der Waals surface area contributed by atoms with Gasteiger partial charge >= 0.3 is 0 Å². The van der Waals surface area contributed by atoms with Gasteiger partial charge in [0, 0.05) is 0 Å². The van der Waals surface area contributed by atoms with E-state index >= 15 is 0 Å². The number of furan rings is 1. The van der Waals surface area contributed by atoms with Crippen molar-refractivity contribution in [2.45, 2.75) is 6.54 Å². The Labute approximate surface area is 72.8 Å². The van der Waals surface area contributed by atoms with Crippen molar-refractivity contribution in [3.05, 3.63) is 21.7 Å². The van der Waals surface area contributed by atoms with Crippen LogP contribution in [0.4, 0.5) is 0 Å². The van der Waals surface area contributed by atoms with E-state index in [1.165, 1.54) is 0 Å². The van der Waals surface area contributed by atoms with Crippen LogP contribution in [-0.2, 0) is 11.4 Å². The third-order valence-electron chi connectivity index (χ3n) is 1.02. The smallest absolute Gasteiger partial charge is 0.164 e. The Morgan fingerprint density at radius 3 is 3.00 bits per heavy atom. The van der Waals surface area contributed by atoms with Gasteiger partial charge in [-0.05, 0) is 34.7 Å². The predicted octanol–water partition coefficient (Wildman–Crippen LogP) is 1.54. The summed E-state index contributed by atoms with van der Waals surface area (Å²) >= 11 is 2.12. The molecule has 1 N–H and O–H groups in total. The van der Waals surface area contributed by atoms with Crippen molar-refractivity contribution in [1.29, 1.82) is 0 Å². The molecule has 0 spiro atoms. The second-order valence-corrected chi connectivity index (χ2v) is 2.79. The predicted molar refractivity (Wildman–Crippen MR) is 45.3 cm³/mol. The van der Waals surface area contributed by atoms with E-state index in [1.807, 2.05) is 12.1 Å². The summed E-state index contributed by atoms with van der Waals surface area (Å²) in [5.74, 6) is 0.881. The molecule has 0 fully saturated rings. The van der Waals surface area contributed by atoms with Crippen LogP contribution in [0, 0.1) is 3.77 Å². The Balaban J connectivity index is 2.42. The van der Waals surface area contributed by atoms with E-state index in [2.05, 4.69) is 32.9 Å². The Hall–Kier alpha value is -0.0700. The van der Waals surface area contributed by atoms with Crippen LogP contribution in [0.15, 0.2) is 16.5 Å². The van der Waals surface area contributed by atoms with Gasteiger partial charge in [0.15, 0.2) is 3.77 Å². The van der Waals surface area contributed by atoms with Crippen LogP contribution in [0.25, 0.3) is 0 Å². The van der Waals surface area contributed by atoms with E-state index in [1.54, 1.807) is 7.11 Å². The van der Waals surface area contributed by atoms with Gasteiger partial charge in [-0.1, -0.05) is 0 Å². The van der Waals surface area contributed by atoms with Crippen LogP contribution < -0.4 is 5.48 Å². The third-order valence-corrected chi connectivity index (χ3v) is 1.60. The summed E-state index contributed by atoms with van der Waals surface area (Å²) in [6.45, 7) is 0.611. The summed E-state index contributed by atoms with van der Waals surface area (Å²) in [5.41, 5.74) is 2.68. The lowest BCUT2D eigenvalue weighted by molar-refractivity contribution is 0.0816. The SMILES string of the molecule is CONCc1ccc(I)o1. The lowest BCUT2D eigenvalue weighted by Crippen LogP contribution is -2.09. The van der Waals surface area contributed by atoms with Crippen molar-refractivity contribution in [2.24, 2.45) is 0 Å². The highest BCUT2D eigenvalue weighted by molar-refractivity contribution is 14.1. The number of halogens is 1. The van der Waals surface area contributed by atoms with E-state index in [9.17, 15) is 0 Å². The van der Waals surface area contributed by atoms with Crippen LogP contribution in [0.2, 0.25) is 0 Å². The molecule has 1 rings (SSSR count). The molecule has 3 nitrogen and oxygen atoms in total. The molecule has 1 aromatic heterocycles. The van der Waals surface area contributed by atoms with E-state index in [0.29, 0.717) is 6.54 Å². The van der Waals surface area contributed by atoms with Gasteiger partial charge in [0.25, 0.3) is 0 Å². The molecule has 0 saturated heterocycles. The second-order valence-electron chi connectivity index (χ2n) is 1.73. The highest BCUT2D eigenvalue weighted by Crippen LogP contribution is 2.09. The van der Waals surface area contributed by atoms with Gasteiger partial charge in [-0.25, -0.2) is 0 Å². The van der Waals surface area contributed by atoms with Crippen molar-refractivity contribution in [3.63, 3.8) is 0 Å². The van der Waals surface area contributed by atoms with Gasteiger partial charge in [0.1, 0.15) is 5.76 Å². The van der Waals surface area contributed by atoms with Crippen molar-refractivity contribution in [1.82, 2.24) is 5.48 Å². The fourth-order valence-electron chi connectivity index (χ4n) is 0.590. The molecule has 0 aromatic carbocycles. The quantitative estimate of drug-likeness (QED) is 0.655. The molecule has 0 amide bonds. The van der Waals surface area contributed by atoms with Gasteiger partial charge < -0.3 is 9.25 Å². The fourth-order valence-corrected chi connectivity index (χ4v) is 1.05. The molecule has 10 heavy (non-hydrogen) atoms. The minimum Gasteiger partial charge on any atom is -0.454 e. The van der Waals surface area contributed by atoms with Crippen molar-refractivity contribution in [2.75, 3.05) is 7.11 Å². The highest BCUT2D eigenvalue weighted by atomic mass is 127. The summed E-state index contributed by atoms with van der Waals surface area (Å²) in [5, 5.41) is 0. The number of hydrogen-bond acceptors (Lipinski definition) is 3. The van der Waals surface area contributed by atoms with Crippen LogP contribution >= 0.6 is 22.6 Å². The normalized spacial score (nSPS) is 10.2. The van der Waals surface area contributed by atoms with E-state index in [0.717, 1.165) is 9.53 Å². The highest BCUT2D eigenvalue weighted by Gasteiger charge is 1.96. The molecule has 1 aromatic rings. The van der Waals surface area contributed by atoms with Gasteiger partial charge in [0.2, 0.25) is 0 Å². The van der Waals surface area contributed by atoms with Crippen molar-refractivity contribution >= 4 is 22.6 Å². The first kappa shape index (κ1) is 8.03. The fraction of sp³-hybridized carbons (Fsp3) is 0.333. The monoisotopic (exact) mass is 253 g/mol. The van der Waals surface area contributed by atoms with Crippen LogP contribution in [-0.4, -0.2) is 7.11 Å². The first-order valence-electron chi connectivity index (χ1n) is 2.83. The summed E-state index contributed by atoms with van der Waals surface area (Å²) in [6, 6.07) is 3.82. The molecule has 0 aliphatic heterocycles. The van der Waals surface area contributed by atoms with E-state index in [-0.39, 0.29) is 0 Å². The lowest BCUT2D eigenvalue weighted by atomic mass is 10.5. The molecule has 56 valence electrons. The van der Waals surface area contributed by atoms with Gasteiger partial charge in [0.05, 0.1) is 13.7 Å². The molecule has 0 radical (unpaired) electrons. The zero-order valence-corrected chi connectivity index (χ0v) is 7.71. The zero-order valence-electron chi connectivity index (χ0n) is 5.56. The lowest BCUT2D eigenvalue weighted by Gasteiger charge is -1.95. The summed E-state index contributed by atoms with van der Waals surface area (Å²) in [6.07, 6.45) is 0. The average molecular weight is 253 g/mol. The van der Waals surface area contributed by atoms with Crippen molar-refractivity contribution in [3.8, 4) is 0 Å². The van der Waals surface area contributed by atoms with E-state index < -0.39 is 0 Å². The number of rotatable bonds is 3. The average Bonchev–Trinajstić information content (AvgIpc) is 2.31. The maximum absolute atomic E-state index is 5.23. The zero-order chi connectivity index (χ0) is 7.40. The third kappa shape index (κ3) is 2.28. The first-order chi connectivity index (χ1) is 4.83. The minimum absolute atomic E-state index is 0.611. The number of hydrogen-bond donors (Lipinski definition) is 1. The molecule has 0 aliphatic rings. The maximum Gasteiger partial charge on any atom is 0.164 e. The molecule has 0 saturated carbocycles. The number of hydroxylamine groups is 1. The van der Waals surface area contributed by atoms with Gasteiger partial charge in [-0.3, -0.25) is 0 Å². The second kappa shape index (κ2) is 3.95. The maximum atomic E-state index is 5.23. The molecule has 1 heterocycles. The van der Waals surface area contributed by atoms with Crippen molar-refractivity contribution < 1.29 is 9.25 Å². The Morgan fingerprint density at radius 1 is 1.70 bits per heavy atom. The summed E-state index contributed by atoms with van der Waals surface area (Å²) in [7, 11) is 1.58. The van der Waals surface area contributed by atoms with Crippen LogP contribution in [0.3, 0.4) is 0 Å². The first-order valence-corrected chi connectivity index (χ1v) is 3.91. The largest absolute Gasteiger partial charge is 0.454 e. The van der Waals surface area contributed by atoms with Gasteiger partial charge in [-0.15, -0.1) is 0 Å². The Bertz CT molecular complexity index is 199. The molecule has 4 heteroatoms. The van der Waals surface area contributed by atoms with Crippen LogP contribution in [0.1, 0.15) is 5.76 Å². The Kier molecular flexibility index (Phi) is 3.17. The minimum atomic E-state index is 0.611. The van der Waals surface area contributed by atoms with Gasteiger partial charge in [-0.2, -0.15) is 5.48 Å². The molecular formula is C6H8INO2. The molecule has 0 unspecified atom stereocenters. The molecular weight excluding hydrogens is 245 g/mol. The topological polar surface area (TPSA) is 34.4 Å². The summed E-state index contributed by atoms with van der Waals surface area (Å²) in [4.78, 5) is 4.64. The standard InChI is InChI=1S/C6H8INO2/c1-9-8-4-5-2-3-6(7)10-5/h2-3,8H,4H2,1H3. The Morgan fingerprint density at radius 2 is 2.50 bits per heavy atom. The summed E-state index contributed by atoms with van der Waals surface area (Å²) < 4.78 is 6.12. The number of nitrogens with one attached hydrogen (secondary N) is 1. The van der Waals surface area contributed by atoms with Crippen LogP contribution in [0.5, 0.6) is 0 Å². The van der Waals surface area contributed by atoms with E-state index in [4.69, 9.17) is 4.42 Å². The molecule has 0 atom stereocenters.